The lowest BCUT2D eigenvalue weighted by atomic mass is 10.1. The Hall–Kier alpha value is -2.30. The number of aromatic nitrogens is 1. The standard InChI is InChI=1S/C17H20N2O3/c1-21-15-8-6-12(7-9-15)16-10-14(19-22-16)11-18-17(20)13-4-2-3-5-13/h6-10,13H,2-5,11H2,1H3,(H,18,20). The SMILES string of the molecule is COc1ccc(-c2cc(CNC(=O)C3CCCC3)no2)cc1. The Morgan fingerprint density at radius 2 is 2.05 bits per heavy atom. The predicted molar refractivity (Wildman–Crippen MR) is 82.3 cm³/mol. The Balaban J connectivity index is 1.59. The van der Waals surface area contributed by atoms with Gasteiger partial charge < -0.3 is 14.6 Å². The van der Waals surface area contributed by atoms with E-state index in [4.69, 9.17) is 9.26 Å². The fraction of sp³-hybridized carbons (Fsp3) is 0.412. The molecule has 1 saturated carbocycles. The molecule has 0 spiro atoms. The number of methoxy groups -OCH3 is 1. The van der Waals surface area contributed by atoms with Gasteiger partial charge in [0, 0.05) is 17.5 Å². The van der Waals surface area contributed by atoms with Crippen molar-refractivity contribution < 1.29 is 14.1 Å². The van der Waals surface area contributed by atoms with Crippen molar-refractivity contribution in [1.29, 1.82) is 0 Å². The summed E-state index contributed by atoms with van der Waals surface area (Å²) in [6.45, 7) is 0.412. The molecule has 1 aliphatic carbocycles. The molecule has 1 heterocycles. The highest BCUT2D eigenvalue weighted by Crippen LogP contribution is 2.25. The maximum atomic E-state index is 12.0. The Labute approximate surface area is 129 Å². The highest BCUT2D eigenvalue weighted by atomic mass is 16.5. The van der Waals surface area contributed by atoms with Crippen LogP contribution in [0, 0.1) is 5.92 Å². The molecule has 0 unspecified atom stereocenters. The monoisotopic (exact) mass is 300 g/mol. The highest BCUT2D eigenvalue weighted by molar-refractivity contribution is 5.78. The Bertz CT molecular complexity index is 628. The molecule has 5 nitrogen and oxygen atoms in total. The van der Waals surface area contributed by atoms with E-state index < -0.39 is 0 Å². The summed E-state index contributed by atoms with van der Waals surface area (Å²) in [7, 11) is 1.63. The van der Waals surface area contributed by atoms with Crippen LogP contribution in [0.15, 0.2) is 34.9 Å². The van der Waals surface area contributed by atoms with Crippen molar-refractivity contribution in [3.63, 3.8) is 0 Å². The smallest absolute Gasteiger partial charge is 0.223 e. The van der Waals surface area contributed by atoms with Crippen LogP contribution >= 0.6 is 0 Å². The quantitative estimate of drug-likeness (QED) is 0.921. The molecule has 0 radical (unpaired) electrons. The molecule has 3 rings (SSSR count). The predicted octanol–water partition coefficient (Wildman–Crippen LogP) is 3.16. The minimum absolute atomic E-state index is 0.131. The van der Waals surface area contributed by atoms with E-state index in [0.29, 0.717) is 12.3 Å². The molecule has 0 saturated heterocycles. The molecular formula is C17H20N2O3. The fourth-order valence-electron chi connectivity index (χ4n) is 2.80. The van der Waals surface area contributed by atoms with E-state index in [9.17, 15) is 4.79 Å². The molecule has 0 aliphatic heterocycles. The first-order valence-electron chi connectivity index (χ1n) is 7.64. The Kier molecular flexibility index (Phi) is 4.42. The van der Waals surface area contributed by atoms with Crippen molar-refractivity contribution >= 4 is 5.91 Å². The minimum atomic E-state index is 0.131. The molecule has 1 fully saturated rings. The van der Waals surface area contributed by atoms with Gasteiger partial charge in [0.1, 0.15) is 11.4 Å². The lowest BCUT2D eigenvalue weighted by Crippen LogP contribution is -2.28. The van der Waals surface area contributed by atoms with Gasteiger partial charge in [-0.1, -0.05) is 18.0 Å². The molecule has 116 valence electrons. The van der Waals surface area contributed by atoms with Gasteiger partial charge in [-0.2, -0.15) is 0 Å². The Morgan fingerprint density at radius 1 is 1.32 bits per heavy atom. The van der Waals surface area contributed by atoms with Crippen molar-refractivity contribution in [2.24, 2.45) is 5.92 Å². The molecule has 0 bridgehead atoms. The van der Waals surface area contributed by atoms with Crippen LogP contribution in [0.25, 0.3) is 11.3 Å². The van der Waals surface area contributed by atoms with Gasteiger partial charge in [-0.15, -0.1) is 0 Å². The number of carbonyl (C=O) groups is 1. The summed E-state index contributed by atoms with van der Waals surface area (Å²) in [6, 6.07) is 9.44. The summed E-state index contributed by atoms with van der Waals surface area (Å²) in [5.41, 5.74) is 1.67. The third-order valence-corrected chi connectivity index (χ3v) is 4.10. The summed E-state index contributed by atoms with van der Waals surface area (Å²) in [6.07, 6.45) is 4.32. The molecule has 2 aromatic rings. The van der Waals surface area contributed by atoms with E-state index in [1.807, 2.05) is 30.3 Å². The van der Waals surface area contributed by atoms with Crippen LogP contribution in [0.2, 0.25) is 0 Å². The van der Waals surface area contributed by atoms with E-state index >= 15 is 0 Å². The molecule has 1 amide bonds. The van der Waals surface area contributed by atoms with Crippen LogP contribution < -0.4 is 10.1 Å². The first-order chi connectivity index (χ1) is 10.8. The normalized spacial score (nSPS) is 15.0. The van der Waals surface area contributed by atoms with Gasteiger partial charge in [0.05, 0.1) is 13.7 Å². The lowest BCUT2D eigenvalue weighted by Gasteiger charge is -2.08. The van der Waals surface area contributed by atoms with Crippen molar-refractivity contribution in [3.05, 3.63) is 36.0 Å². The van der Waals surface area contributed by atoms with Gasteiger partial charge >= 0.3 is 0 Å². The van der Waals surface area contributed by atoms with Crippen LogP contribution in [0.4, 0.5) is 0 Å². The number of rotatable bonds is 5. The van der Waals surface area contributed by atoms with Gasteiger partial charge in [0.25, 0.3) is 0 Å². The van der Waals surface area contributed by atoms with Gasteiger partial charge in [-0.3, -0.25) is 4.79 Å². The van der Waals surface area contributed by atoms with Crippen LogP contribution in [-0.4, -0.2) is 18.2 Å². The van der Waals surface area contributed by atoms with Crippen LogP contribution in [-0.2, 0) is 11.3 Å². The van der Waals surface area contributed by atoms with Crippen molar-refractivity contribution in [2.45, 2.75) is 32.2 Å². The van der Waals surface area contributed by atoms with Crippen molar-refractivity contribution in [2.75, 3.05) is 7.11 Å². The molecule has 5 heteroatoms. The zero-order valence-electron chi connectivity index (χ0n) is 12.7. The van der Waals surface area contributed by atoms with Crippen molar-refractivity contribution in [1.82, 2.24) is 10.5 Å². The van der Waals surface area contributed by atoms with Gasteiger partial charge in [-0.05, 0) is 37.1 Å². The van der Waals surface area contributed by atoms with Crippen LogP contribution in [0.3, 0.4) is 0 Å². The minimum Gasteiger partial charge on any atom is -0.497 e. The number of benzene rings is 1. The van der Waals surface area contributed by atoms with Crippen LogP contribution in [0.5, 0.6) is 5.75 Å². The highest BCUT2D eigenvalue weighted by Gasteiger charge is 2.22. The Morgan fingerprint density at radius 3 is 2.73 bits per heavy atom. The van der Waals surface area contributed by atoms with E-state index in [2.05, 4.69) is 10.5 Å². The number of carbonyl (C=O) groups excluding carboxylic acids is 1. The fourth-order valence-corrected chi connectivity index (χ4v) is 2.80. The second-order valence-electron chi connectivity index (χ2n) is 5.61. The lowest BCUT2D eigenvalue weighted by molar-refractivity contribution is -0.125. The maximum Gasteiger partial charge on any atom is 0.223 e. The third-order valence-electron chi connectivity index (χ3n) is 4.10. The second kappa shape index (κ2) is 6.64. The van der Waals surface area contributed by atoms with Gasteiger partial charge in [0.15, 0.2) is 5.76 Å². The van der Waals surface area contributed by atoms with Gasteiger partial charge in [-0.25, -0.2) is 0 Å². The van der Waals surface area contributed by atoms with Gasteiger partial charge in [0.2, 0.25) is 5.91 Å². The molecule has 1 N–H and O–H groups in total. The number of hydrogen-bond donors (Lipinski definition) is 1. The molecule has 0 atom stereocenters. The van der Waals surface area contributed by atoms with E-state index in [0.717, 1.165) is 42.7 Å². The van der Waals surface area contributed by atoms with E-state index in [1.165, 1.54) is 0 Å². The first kappa shape index (κ1) is 14.6. The zero-order valence-corrected chi connectivity index (χ0v) is 12.7. The molecule has 1 aromatic heterocycles. The largest absolute Gasteiger partial charge is 0.497 e. The average Bonchev–Trinajstić information content (AvgIpc) is 3.24. The third kappa shape index (κ3) is 3.30. The summed E-state index contributed by atoms with van der Waals surface area (Å²) in [4.78, 5) is 12.0. The maximum absolute atomic E-state index is 12.0. The van der Waals surface area contributed by atoms with Crippen LogP contribution in [0.1, 0.15) is 31.4 Å². The molecule has 1 aromatic carbocycles. The topological polar surface area (TPSA) is 64.4 Å². The van der Waals surface area contributed by atoms with E-state index in [-0.39, 0.29) is 11.8 Å². The average molecular weight is 300 g/mol. The zero-order chi connectivity index (χ0) is 15.4. The summed E-state index contributed by atoms with van der Waals surface area (Å²) in [5.74, 6) is 1.79. The number of nitrogens with one attached hydrogen (secondary N) is 1. The summed E-state index contributed by atoms with van der Waals surface area (Å²) >= 11 is 0. The van der Waals surface area contributed by atoms with Crippen molar-refractivity contribution in [3.8, 4) is 17.1 Å². The number of hydrogen-bond acceptors (Lipinski definition) is 4. The summed E-state index contributed by atoms with van der Waals surface area (Å²) < 4.78 is 10.5. The molecule has 22 heavy (non-hydrogen) atoms. The number of ether oxygens (including phenoxy) is 1. The van der Waals surface area contributed by atoms with E-state index in [1.54, 1.807) is 7.11 Å². The molecular weight excluding hydrogens is 280 g/mol. The number of amides is 1. The molecule has 1 aliphatic rings. The second-order valence-corrected chi connectivity index (χ2v) is 5.61. The summed E-state index contributed by atoms with van der Waals surface area (Å²) in [5, 5.41) is 6.96. The first-order valence-corrected chi connectivity index (χ1v) is 7.64. The number of nitrogens with zero attached hydrogens (tertiary/aromatic N) is 1.